The zero-order valence-electron chi connectivity index (χ0n) is 12.2. The van der Waals surface area contributed by atoms with Gasteiger partial charge in [-0.1, -0.05) is 17.7 Å². The van der Waals surface area contributed by atoms with Gasteiger partial charge in [0.1, 0.15) is 0 Å². The van der Waals surface area contributed by atoms with Gasteiger partial charge in [-0.3, -0.25) is 9.00 Å². The van der Waals surface area contributed by atoms with Crippen LogP contribution in [0.5, 0.6) is 0 Å². The first-order valence-electron chi connectivity index (χ1n) is 6.56. The number of nitriles is 1. The van der Waals surface area contributed by atoms with E-state index in [0.29, 0.717) is 11.3 Å². The number of benzene rings is 1. The monoisotopic (exact) mass is 309 g/mol. The van der Waals surface area contributed by atoms with Gasteiger partial charge in [-0.2, -0.15) is 5.26 Å². The number of esters is 1. The molecule has 1 aromatic carbocycles. The van der Waals surface area contributed by atoms with E-state index in [1.54, 1.807) is 18.2 Å². The van der Waals surface area contributed by atoms with E-state index in [2.05, 4.69) is 4.74 Å². The van der Waals surface area contributed by atoms with Crippen molar-refractivity contribution < 1.29 is 18.8 Å². The van der Waals surface area contributed by atoms with Crippen LogP contribution in [0, 0.1) is 18.3 Å². The lowest BCUT2D eigenvalue weighted by molar-refractivity contribution is -0.140. The summed E-state index contributed by atoms with van der Waals surface area (Å²) in [4.78, 5) is 11.6. The Bertz CT molecular complexity index is 550. The molecule has 0 bridgehead atoms. The van der Waals surface area contributed by atoms with E-state index in [9.17, 15) is 14.1 Å². The van der Waals surface area contributed by atoms with Crippen molar-refractivity contribution in [2.24, 2.45) is 0 Å². The molecule has 1 N–H and O–H groups in total. The number of carbonyl (C=O) groups excluding carboxylic acids is 1. The highest BCUT2D eigenvalue weighted by atomic mass is 32.2. The van der Waals surface area contributed by atoms with E-state index in [4.69, 9.17) is 5.26 Å². The van der Waals surface area contributed by atoms with Gasteiger partial charge in [-0.15, -0.1) is 0 Å². The van der Waals surface area contributed by atoms with Crippen LogP contribution in [-0.2, 0) is 20.3 Å². The molecular formula is C15H19NO4S. The number of rotatable bonds is 7. The number of ether oxygens (including phenoxy) is 1. The first-order valence-corrected chi connectivity index (χ1v) is 7.87. The molecule has 0 fully saturated rings. The summed E-state index contributed by atoms with van der Waals surface area (Å²) >= 11 is 0. The number of hydrogen-bond acceptors (Lipinski definition) is 5. The number of methoxy groups -OCH3 is 1. The van der Waals surface area contributed by atoms with E-state index >= 15 is 0 Å². The summed E-state index contributed by atoms with van der Waals surface area (Å²) in [5, 5.41) is 19.3. The molecular weight excluding hydrogens is 290 g/mol. The van der Waals surface area contributed by atoms with E-state index in [1.807, 2.05) is 19.1 Å². The smallest absolute Gasteiger partial charge is 0.305 e. The second-order valence-corrected chi connectivity index (χ2v) is 6.33. The summed E-state index contributed by atoms with van der Waals surface area (Å²) in [5.41, 5.74) is -0.659. The number of carbonyl (C=O) groups is 1. The Morgan fingerprint density at radius 1 is 1.43 bits per heavy atom. The summed E-state index contributed by atoms with van der Waals surface area (Å²) in [7, 11) is -0.183. The molecule has 0 saturated carbocycles. The van der Waals surface area contributed by atoms with E-state index in [0.717, 1.165) is 5.56 Å². The van der Waals surface area contributed by atoms with Crippen molar-refractivity contribution in [3.8, 4) is 6.07 Å². The Balaban J connectivity index is 2.63. The summed E-state index contributed by atoms with van der Waals surface area (Å²) < 4.78 is 16.7. The van der Waals surface area contributed by atoms with Crippen LogP contribution in [-0.4, -0.2) is 33.7 Å². The maximum atomic E-state index is 12.2. The lowest BCUT2D eigenvalue weighted by Crippen LogP contribution is -2.33. The lowest BCUT2D eigenvalue weighted by Gasteiger charge is -2.19. The van der Waals surface area contributed by atoms with Crippen molar-refractivity contribution in [2.75, 3.05) is 12.9 Å². The molecule has 114 valence electrons. The van der Waals surface area contributed by atoms with Gasteiger partial charge in [-0.25, -0.2) is 0 Å². The van der Waals surface area contributed by atoms with Gasteiger partial charge in [0, 0.05) is 11.3 Å². The topological polar surface area (TPSA) is 87.4 Å². The molecule has 1 unspecified atom stereocenters. The van der Waals surface area contributed by atoms with Crippen molar-refractivity contribution in [3.05, 3.63) is 29.8 Å². The van der Waals surface area contributed by atoms with Crippen LogP contribution in [0.2, 0.25) is 0 Å². The van der Waals surface area contributed by atoms with Crippen LogP contribution >= 0.6 is 0 Å². The van der Waals surface area contributed by atoms with Gasteiger partial charge in [0.15, 0.2) is 5.60 Å². The molecule has 0 radical (unpaired) electrons. The zero-order valence-corrected chi connectivity index (χ0v) is 13.0. The molecule has 0 amide bonds. The van der Waals surface area contributed by atoms with Gasteiger partial charge < -0.3 is 9.84 Å². The third-order valence-electron chi connectivity index (χ3n) is 3.06. The fraction of sp³-hybridized carbons (Fsp3) is 0.467. The molecule has 1 rings (SSSR count). The minimum absolute atomic E-state index is 0.0796. The molecule has 0 saturated heterocycles. The first-order chi connectivity index (χ1) is 9.90. The fourth-order valence-corrected chi connectivity index (χ4v) is 3.03. The van der Waals surface area contributed by atoms with Crippen LogP contribution in [0.3, 0.4) is 0 Å². The second-order valence-electron chi connectivity index (χ2n) is 4.88. The maximum absolute atomic E-state index is 12.2. The predicted molar refractivity (Wildman–Crippen MR) is 78.9 cm³/mol. The highest BCUT2D eigenvalue weighted by Crippen LogP contribution is 2.19. The molecule has 0 aliphatic carbocycles. The number of aryl methyl sites for hydroxylation is 1. The molecule has 0 aliphatic heterocycles. The molecule has 0 aromatic heterocycles. The molecule has 0 spiro atoms. The van der Waals surface area contributed by atoms with E-state index < -0.39 is 22.4 Å². The Morgan fingerprint density at radius 3 is 2.57 bits per heavy atom. The van der Waals surface area contributed by atoms with Gasteiger partial charge in [0.05, 0.1) is 29.7 Å². The van der Waals surface area contributed by atoms with Gasteiger partial charge in [-0.05, 0) is 31.9 Å². The highest BCUT2D eigenvalue weighted by molar-refractivity contribution is 7.85. The minimum atomic E-state index is -1.70. The van der Waals surface area contributed by atoms with Gasteiger partial charge in [0.25, 0.3) is 0 Å². The Labute approximate surface area is 127 Å². The van der Waals surface area contributed by atoms with Crippen LogP contribution in [0.15, 0.2) is 29.2 Å². The van der Waals surface area contributed by atoms with E-state index in [-0.39, 0.29) is 18.6 Å². The maximum Gasteiger partial charge on any atom is 0.305 e. The van der Waals surface area contributed by atoms with Crippen molar-refractivity contribution in [2.45, 2.75) is 36.7 Å². The van der Waals surface area contributed by atoms with Crippen molar-refractivity contribution >= 4 is 16.8 Å². The summed E-state index contributed by atoms with van der Waals surface area (Å²) in [6, 6.07) is 8.89. The molecule has 0 heterocycles. The van der Waals surface area contributed by atoms with Crippen LogP contribution in [0.1, 0.15) is 24.8 Å². The Morgan fingerprint density at radius 2 is 2.05 bits per heavy atom. The highest BCUT2D eigenvalue weighted by Gasteiger charge is 2.29. The Hall–Kier alpha value is -1.71. The molecule has 6 heteroatoms. The first kappa shape index (κ1) is 17.3. The number of aliphatic hydroxyl groups is 1. The standard InChI is InChI=1S/C15H19NO4S/c1-12-5-7-13(8-6-12)21(19)11-15(18,10-16)9-3-4-14(17)20-2/h5-8,18H,3-4,9,11H2,1-2H3/t15-,21?/m0/s1. The largest absolute Gasteiger partial charge is 0.469 e. The normalized spacial score (nSPS) is 14.8. The van der Waals surface area contributed by atoms with E-state index in [1.165, 1.54) is 7.11 Å². The predicted octanol–water partition coefficient (Wildman–Crippen LogP) is 1.70. The summed E-state index contributed by atoms with van der Waals surface area (Å²) in [5.74, 6) is -0.566. The summed E-state index contributed by atoms with van der Waals surface area (Å²) in [6.45, 7) is 1.92. The quantitative estimate of drug-likeness (QED) is 0.612. The van der Waals surface area contributed by atoms with Crippen molar-refractivity contribution in [3.63, 3.8) is 0 Å². The molecule has 5 nitrogen and oxygen atoms in total. The second kappa shape index (κ2) is 7.91. The minimum Gasteiger partial charge on any atom is -0.469 e. The SMILES string of the molecule is COC(=O)CCC[C@](O)(C#N)CS(=O)c1ccc(C)cc1. The Kier molecular flexibility index (Phi) is 6.53. The van der Waals surface area contributed by atoms with Crippen LogP contribution in [0.25, 0.3) is 0 Å². The average molecular weight is 309 g/mol. The van der Waals surface area contributed by atoms with Crippen molar-refractivity contribution in [1.29, 1.82) is 5.26 Å². The van der Waals surface area contributed by atoms with Crippen molar-refractivity contribution in [1.82, 2.24) is 0 Å². The third kappa shape index (κ3) is 5.66. The van der Waals surface area contributed by atoms with Crippen LogP contribution < -0.4 is 0 Å². The van der Waals surface area contributed by atoms with Gasteiger partial charge in [0.2, 0.25) is 0 Å². The molecule has 1 aromatic rings. The van der Waals surface area contributed by atoms with Crippen LogP contribution in [0.4, 0.5) is 0 Å². The zero-order chi connectivity index (χ0) is 15.9. The lowest BCUT2D eigenvalue weighted by atomic mass is 10.0. The number of nitrogens with zero attached hydrogens (tertiary/aromatic N) is 1. The molecule has 2 atom stereocenters. The van der Waals surface area contributed by atoms with Gasteiger partial charge >= 0.3 is 5.97 Å². The average Bonchev–Trinajstić information content (AvgIpc) is 2.47. The number of hydrogen-bond donors (Lipinski definition) is 1. The third-order valence-corrected chi connectivity index (χ3v) is 4.60. The fourth-order valence-electron chi connectivity index (χ4n) is 1.78. The molecule has 0 aliphatic rings. The molecule has 21 heavy (non-hydrogen) atoms. The summed E-state index contributed by atoms with van der Waals surface area (Å²) in [6.07, 6.45) is 0.510.